The van der Waals surface area contributed by atoms with Crippen LogP contribution in [0.3, 0.4) is 0 Å². The van der Waals surface area contributed by atoms with Crippen LogP contribution < -0.4 is 5.73 Å². The lowest BCUT2D eigenvalue weighted by Gasteiger charge is -2.19. The van der Waals surface area contributed by atoms with Gasteiger partial charge in [-0.2, -0.15) is 9.69 Å². The normalized spacial score (nSPS) is 16.2. The molecule has 1 atom stereocenters. The number of rotatable bonds is 3. The zero-order chi connectivity index (χ0) is 20.0. The SMILES string of the molecule is CC(=O)N1N=C(c2nnn(-c3nonc3N)c2C)O[C@H]1c1ccc(F)c(Br)c1. The highest BCUT2D eigenvalue weighted by Crippen LogP contribution is 2.32. The number of benzene rings is 1. The number of ether oxygens (including phenoxy) is 1. The van der Waals surface area contributed by atoms with E-state index in [1.165, 1.54) is 29.8 Å². The molecule has 1 aliphatic heterocycles. The molecule has 0 unspecified atom stereocenters. The van der Waals surface area contributed by atoms with E-state index in [9.17, 15) is 9.18 Å². The summed E-state index contributed by atoms with van der Waals surface area (Å²) in [5.74, 6) is -0.532. The second-order valence-corrected chi connectivity index (χ2v) is 6.68. The van der Waals surface area contributed by atoms with Gasteiger partial charge in [0, 0.05) is 12.5 Å². The van der Waals surface area contributed by atoms with Crippen molar-refractivity contribution in [3.8, 4) is 5.82 Å². The lowest BCUT2D eigenvalue weighted by atomic mass is 10.2. The van der Waals surface area contributed by atoms with Crippen LogP contribution >= 0.6 is 15.9 Å². The maximum absolute atomic E-state index is 13.6. The van der Waals surface area contributed by atoms with Crippen molar-refractivity contribution in [1.29, 1.82) is 0 Å². The van der Waals surface area contributed by atoms with Crippen LogP contribution in [0.15, 0.2) is 32.4 Å². The minimum Gasteiger partial charge on any atom is -0.444 e. The maximum atomic E-state index is 13.6. The molecule has 0 bridgehead atoms. The number of nitrogen functional groups attached to an aromatic ring is 1. The average molecular weight is 451 g/mol. The van der Waals surface area contributed by atoms with Gasteiger partial charge in [0.1, 0.15) is 5.82 Å². The van der Waals surface area contributed by atoms with E-state index in [1.807, 2.05) is 0 Å². The van der Waals surface area contributed by atoms with Gasteiger partial charge in [-0.05, 0) is 45.3 Å². The topological polar surface area (TPSA) is 138 Å². The van der Waals surface area contributed by atoms with Crippen LogP contribution in [0.2, 0.25) is 0 Å². The standard InChI is InChI=1S/C15H12BrFN8O3/c1-6-11(19-23-24(6)13-12(18)21-28-22-13)14-20-25(7(2)26)15(27-14)8-3-4-10(17)9(16)5-8/h3-5,15H,1-2H3,(H2,18,21)/t15-/m0/s1. The molecule has 0 saturated carbocycles. The van der Waals surface area contributed by atoms with Gasteiger partial charge in [-0.15, -0.1) is 10.2 Å². The van der Waals surface area contributed by atoms with Crippen LogP contribution in [0, 0.1) is 12.7 Å². The Morgan fingerprint density at radius 1 is 1.36 bits per heavy atom. The van der Waals surface area contributed by atoms with Crippen LogP contribution in [0.5, 0.6) is 0 Å². The van der Waals surface area contributed by atoms with E-state index in [0.717, 1.165) is 5.01 Å². The van der Waals surface area contributed by atoms with Crippen molar-refractivity contribution in [3.63, 3.8) is 0 Å². The number of carbonyl (C=O) groups is 1. The molecule has 11 nitrogen and oxygen atoms in total. The highest BCUT2D eigenvalue weighted by molar-refractivity contribution is 9.10. The monoisotopic (exact) mass is 450 g/mol. The van der Waals surface area contributed by atoms with E-state index < -0.39 is 12.0 Å². The van der Waals surface area contributed by atoms with Gasteiger partial charge < -0.3 is 10.5 Å². The molecule has 28 heavy (non-hydrogen) atoms. The fraction of sp³-hybridized carbons (Fsp3) is 0.200. The summed E-state index contributed by atoms with van der Waals surface area (Å²) in [4.78, 5) is 12.0. The molecule has 3 heterocycles. The zero-order valence-electron chi connectivity index (χ0n) is 14.5. The largest absolute Gasteiger partial charge is 0.444 e. The Morgan fingerprint density at radius 2 is 2.14 bits per heavy atom. The molecule has 0 radical (unpaired) electrons. The third kappa shape index (κ3) is 2.89. The Hall–Kier alpha value is -3.35. The minimum absolute atomic E-state index is 0.0354. The number of carbonyl (C=O) groups excluding carboxylic acids is 1. The fourth-order valence-electron chi connectivity index (χ4n) is 2.61. The van der Waals surface area contributed by atoms with E-state index >= 15 is 0 Å². The van der Waals surface area contributed by atoms with Gasteiger partial charge >= 0.3 is 0 Å². The summed E-state index contributed by atoms with van der Waals surface area (Å²) >= 11 is 3.12. The third-order valence-electron chi connectivity index (χ3n) is 3.99. The molecule has 0 saturated heterocycles. The van der Waals surface area contributed by atoms with Crippen molar-refractivity contribution < 1.29 is 18.6 Å². The molecule has 144 valence electrons. The molecular weight excluding hydrogens is 439 g/mol. The first kappa shape index (κ1) is 18.0. The van der Waals surface area contributed by atoms with Crippen LogP contribution in [0.1, 0.15) is 30.1 Å². The number of amides is 1. The van der Waals surface area contributed by atoms with Crippen LogP contribution in [0.25, 0.3) is 5.82 Å². The number of nitrogens with zero attached hydrogens (tertiary/aromatic N) is 7. The lowest BCUT2D eigenvalue weighted by Crippen LogP contribution is -2.25. The fourth-order valence-corrected chi connectivity index (χ4v) is 3.01. The highest BCUT2D eigenvalue weighted by atomic mass is 79.9. The van der Waals surface area contributed by atoms with Gasteiger partial charge in [-0.1, -0.05) is 11.3 Å². The van der Waals surface area contributed by atoms with Crippen molar-refractivity contribution >= 4 is 33.6 Å². The first-order valence-corrected chi connectivity index (χ1v) is 8.67. The first-order chi connectivity index (χ1) is 13.4. The highest BCUT2D eigenvalue weighted by Gasteiger charge is 2.36. The van der Waals surface area contributed by atoms with Crippen molar-refractivity contribution in [3.05, 3.63) is 45.4 Å². The molecule has 13 heteroatoms. The summed E-state index contributed by atoms with van der Waals surface area (Å²) < 4.78 is 25.5. The molecule has 0 spiro atoms. The number of hydrogen-bond acceptors (Lipinski definition) is 9. The van der Waals surface area contributed by atoms with E-state index in [1.54, 1.807) is 6.92 Å². The second-order valence-electron chi connectivity index (χ2n) is 5.82. The van der Waals surface area contributed by atoms with Gasteiger partial charge in [0.2, 0.25) is 23.8 Å². The maximum Gasteiger partial charge on any atom is 0.263 e. The molecule has 2 aromatic heterocycles. The molecule has 3 aromatic rings. The Morgan fingerprint density at radius 3 is 2.79 bits per heavy atom. The number of aromatic nitrogens is 5. The van der Waals surface area contributed by atoms with Gasteiger partial charge in [0.05, 0.1) is 10.2 Å². The van der Waals surface area contributed by atoms with Crippen LogP contribution in [-0.4, -0.2) is 42.1 Å². The Bertz CT molecular complexity index is 1110. The van der Waals surface area contributed by atoms with Gasteiger partial charge in [0.25, 0.3) is 5.90 Å². The van der Waals surface area contributed by atoms with Gasteiger partial charge in [-0.3, -0.25) is 4.79 Å². The summed E-state index contributed by atoms with van der Waals surface area (Å²) in [6, 6.07) is 4.28. The summed E-state index contributed by atoms with van der Waals surface area (Å²) in [5, 5.41) is 20.5. The second kappa shape index (κ2) is 6.67. The molecule has 0 aliphatic carbocycles. The van der Waals surface area contributed by atoms with E-state index in [4.69, 9.17) is 10.5 Å². The van der Waals surface area contributed by atoms with Crippen molar-refractivity contribution in [2.75, 3.05) is 5.73 Å². The number of halogens is 2. The summed E-state index contributed by atoms with van der Waals surface area (Å²) in [6.45, 7) is 3.03. The number of hydrogen-bond donors (Lipinski definition) is 1. The first-order valence-electron chi connectivity index (χ1n) is 7.88. The van der Waals surface area contributed by atoms with Crippen LogP contribution in [-0.2, 0) is 9.53 Å². The molecule has 0 fully saturated rings. The lowest BCUT2D eigenvalue weighted by molar-refractivity contribution is -0.135. The number of anilines is 1. The van der Waals surface area contributed by atoms with Crippen molar-refractivity contribution in [2.45, 2.75) is 20.1 Å². The number of hydrazone groups is 1. The Labute approximate surface area is 165 Å². The molecular formula is C15H12BrFN8O3. The van der Waals surface area contributed by atoms with Crippen molar-refractivity contribution in [2.24, 2.45) is 5.10 Å². The summed E-state index contributed by atoms with van der Waals surface area (Å²) in [6.07, 6.45) is -0.882. The van der Waals surface area contributed by atoms with Crippen LogP contribution in [0.4, 0.5) is 10.2 Å². The van der Waals surface area contributed by atoms with E-state index in [2.05, 4.69) is 46.3 Å². The quantitative estimate of drug-likeness (QED) is 0.635. The average Bonchev–Trinajstić information content (AvgIpc) is 3.35. The van der Waals surface area contributed by atoms with E-state index in [-0.39, 0.29) is 33.6 Å². The molecule has 1 aliphatic rings. The molecule has 2 N–H and O–H groups in total. The predicted molar refractivity (Wildman–Crippen MR) is 95.3 cm³/mol. The van der Waals surface area contributed by atoms with Gasteiger partial charge in [-0.25, -0.2) is 9.02 Å². The smallest absolute Gasteiger partial charge is 0.263 e. The number of nitrogens with two attached hydrogens (primary N) is 1. The van der Waals surface area contributed by atoms with E-state index in [0.29, 0.717) is 11.3 Å². The summed E-state index contributed by atoms with van der Waals surface area (Å²) in [7, 11) is 0. The molecule has 1 aromatic carbocycles. The Balaban J connectivity index is 1.71. The molecule has 1 amide bonds. The Kier molecular flexibility index (Phi) is 4.30. The summed E-state index contributed by atoms with van der Waals surface area (Å²) in [5.41, 5.74) is 6.98. The zero-order valence-corrected chi connectivity index (χ0v) is 16.1. The molecule has 4 rings (SSSR count). The van der Waals surface area contributed by atoms with Crippen molar-refractivity contribution in [1.82, 2.24) is 30.3 Å². The van der Waals surface area contributed by atoms with Gasteiger partial charge in [0.15, 0.2) is 5.69 Å². The third-order valence-corrected chi connectivity index (χ3v) is 4.60. The predicted octanol–water partition coefficient (Wildman–Crippen LogP) is 1.68. The minimum atomic E-state index is -0.882.